The van der Waals surface area contributed by atoms with Crippen LogP contribution in [0.2, 0.25) is 0 Å². The Kier molecular flexibility index (Phi) is 6.39. The molecule has 0 aromatic carbocycles. The first-order valence-electron chi connectivity index (χ1n) is 8.67. The maximum atomic E-state index is 12.2. The molecule has 2 N–H and O–H groups in total. The molecule has 2 heterocycles. The SMILES string of the molecule is CC(C)CN1CC[C@H](CNC(=O)c2ccc(NC(C)C)nc2)C1. The zero-order valence-corrected chi connectivity index (χ0v) is 14.8. The van der Waals surface area contributed by atoms with Crippen LogP contribution < -0.4 is 10.6 Å². The van der Waals surface area contributed by atoms with Crippen LogP contribution in [0.1, 0.15) is 44.5 Å². The number of hydrogen-bond acceptors (Lipinski definition) is 4. The Morgan fingerprint density at radius 1 is 1.35 bits per heavy atom. The Labute approximate surface area is 139 Å². The molecule has 1 aliphatic rings. The van der Waals surface area contributed by atoms with Crippen molar-refractivity contribution in [1.82, 2.24) is 15.2 Å². The number of hydrogen-bond donors (Lipinski definition) is 2. The van der Waals surface area contributed by atoms with Gasteiger partial charge in [-0.25, -0.2) is 4.98 Å². The van der Waals surface area contributed by atoms with E-state index in [1.54, 1.807) is 6.20 Å². The van der Waals surface area contributed by atoms with Gasteiger partial charge in [-0.2, -0.15) is 0 Å². The second-order valence-corrected chi connectivity index (χ2v) is 7.25. The second kappa shape index (κ2) is 8.29. The third-order valence-corrected chi connectivity index (χ3v) is 4.01. The molecular formula is C18H30N4O. The predicted molar refractivity (Wildman–Crippen MR) is 94.7 cm³/mol. The zero-order chi connectivity index (χ0) is 16.8. The van der Waals surface area contributed by atoms with Crippen molar-refractivity contribution >= 4 is 11.7 Å². The lowest BCUT2D eigenvalue weighted by molar-refractivity contribution is 0.0947. The van der Waals surface area contributed by atoms with Crippen LogP contribution in [0.3, 0.4) is 0 Å². The number of anilines is 1. The summed E-state index contributed by atoms with van der Waals surface area (Å²) in [4.78, 5) is 19.0. The third-order valence-electron chi connectivity index (χ3n) is 4.01. The fourth-order valence-electron chi connectivity index (χ4n) is 3.01. The van der Waals surface area contributed by atoms with Crippen LogP contribution in [0.5, 0.6) is 0 Å². The van der Waals surface area contributed by atoms with E-state index in [0.29, 0.717) is 23.4 Å². The summed E-state index contributed by atoms with van der Waals surface area (Å²) in [5.74, 6) is 2.03. The van der Waals surface area contributed by atoms with E-state index in [1.807, 2.05) is 12.1 Å². The Balaban J connectivity index is 1.77. The molecule has 128 valence electrons. The van der Waals surface area contributed by atoms with Crippen LogP contribution >= 0.6 is 0 Å². The molecule has 0 saturated carbocycles. The van der Waals surface area contributed by atoms with Gasteiger partial charge in [0.2, 0.25) is 0 Å². The van der Waals surface area contributed by atoms with Gasteiger partial charge in [0.25, 0.3) is 5.91 Å². The molecule has 5 nitrogen and oxygen atoms in total. The minimum absolute atomic E-state index is 0.0316. The molecule has 2 rings (SSSR count). The summed E-state index contributed by atoms with van der Waals surface area (Å²) in [6.45, 7) is 12.8. The number of carbonyl (C=O) groups excluding carboxylic acids is 1. The lowest BCUT2D eigenvalue weighted by Crippen LogP contribution is -2.32. The standard InChI is InChI=1S/C18H30N4O/c1-13(2)11-22-8-7-15(12-22)9-20-18(23)16-5-6-17(19-10-16)21-14(3)4/h5-6,10,13-15H,7-9,11-12H2,1-4H3,(H,19,21)(H,20,23)/t15-/m1/s1. The molecule has 1 aliphatic heterocycles. The number of aromatic nitrogens is 1. The first-order valence-corrected chi connectivity index (χ1v) is 8.67. The van der Waals surface area contributed by atoms with Crippen LogP contribution in [0.25, 0.3) is 0 Å². The molecular weight excluding hydrogens is 288 g/mol. The zero-order valence-electron chi connectivity index (χ0n) is 14.8. The molecule has 5 heteroatoms. The summed E-state index contributed by atoms with van der Waals surface area (Å²) in [7, 11) is 0. The monoisotopic (exact) mass is 318 g/mol. The first-order chi connectivity index (χ1) is 10.9. The second-order valence-electron chi connectivity index (χ2n) is 7.25. The maximum Gasteiger partial charge on any atom is 0.252 e. The average molecular weight is 318 g/mol. The molecule has 1 fully saturated rings. The number of pyridine rings is 1. The van der Waals surface area contributed by atoms with Crippen molar-refractivity contribution in [2.75, 3.05) is 31.5 Å². The Hall–Kier alpha value is -1.62. The van der Waals surface area contributed by atoms with E-state index >= 15 is 0 Å². The molecule has 0 radical (unpaired) electrons. The molecule has 1 saturated heterocycles. The van der Waals surface area contributed by atoms with Gasteiger partial charge in [0.15, 0.2) is 0 Å². The number of rotatable bonds is 7. The Morgan fingerprint density at radius 3 is 2.74 bits per heavy atom. The molecule has 0 unspecified atom stereocenters. The lowest BCUT2D eigenvalue weighted by Gasteiger charge is -2.18. The minimum Gasteiger partial charge on any atom is -0.368 e. The van der Waals surface area contributed by atoms with Crippen LogP contribution in [-0.4, -0.2) is 48.0 Å². The fraction of sp³-hybridized carbons (Fsp3) is 0.667. The van der Waals surface area contributed by atoms with Gasteiger partial charge in [-0.3, -0.25) is 4.79 Å². The number of nitrogens with one attached hydrogen (secondary N) is 2. The topological polar surface area (TPSA) is 57.3 Å². The van der Waals surface area contributed by atoms with E-state index in [-0.39, 0.29) is 5.91 Å². The minimum atomic E-state index is -0.0316. The number of likely N-dealkylation sites (tertiary alicyclic amines) is 1. The fourth-order valence-corrected chi connectivity index (χ4v) is 3.01. The summed E-state index contributed by atoms with van der Waals surface area (Å²) >= 11 is 0. The van der Waals surface area contributed by atoms with E-state index in [4.69, 9.17) is 0 Å². The number of amides is 1. The van der Waals surface area contributed by atoms with Crippen molar-refractivity contribution in [3.05, 3.63) is 23.9 Å². The van der Waals surface area contributed by atoms with Crippen molar-refractivity contribution in [1.29, 1.82) is 0 Å². The molecule has 0 bridgehead atoms. The summed E-state index contributed by atoms with van der Waals surface area (Å²) in [6, 6.07) is 4.01. The van der Waals surface area contributed by atoms with E-state index in [0.717, 1.165) is 32.0 Å². The summed E-state index contributed by atoms with van der Waals surface area (Å²) in [5.41, 5.74) is 0.622. The number of carbonyl (C=O) groups is 1. The molecule has 1 amide bonds. The van der Waals surface area contributed by atoms with Crippen LogP contribution in [0, 0.1) is 11.8 Å². The molecule has 23 heavy (non-hydrogen) atoms. The molecule has 0 aliphatic carbocycles. The number of nitrogens with zero attached hydrogens (tertiary/aromatic N) is 2. The summed E-state index contributed by atoms with van der Waals surface area (Å²) < 4.78 is 0. The Bertz CT molecular complexity index is 498. The highest BCUT2D eigenvalue weighted by molar-refractivity contribution is 5.94. The van der Waals surface area contributed by atoms with Gasteiger partial charge in [0.1, 0.15) is 5.82 Å². The maximum absolute atomic E-state index is 12.2. The largest absolute Gasteiger partial charge is 0.368 e. The van der Waals surface area contributed by atoms with Crippen LogP contribution in [-0.2, 0) is 0 Å². The van der Waals surface area contributed by atoms with Crippen LogP contribution in [0.4, 0.5) is 5.82 Å². The van der Waals surface area contributed by atoms with Crippen LogP contribution in [0.15, 0.2) is 18.3 Å². The van der Waals surface area contributed by atoms with E-state index in [9.17, 15) is 4.79 Å². The molecule has 1 atom stereocenters. The van der Waals surface area contributed by atoms with Crippen molar-refractivity contribution < 1.29 is 4.79 Å². The summed E-state index contributed by atoms with van der Waals surface area (Å²) in [6.07, 6.45) is 2.81. The van der Waals surface area contributed by atoms with E-state index < -0.39 is 0 Å². The molecule has 1 aromatic rings. The van der Waals surface area contributed by atoms with Gasteiger partial charge in [-0.1, -0.05) is 13.8 Å². The quantitative estimate of drug-likeness (QED) is 0.811. The van der Waals surface area contributed by atoms with Gasteiger partial charge in [0, 0.05) is 31.9 Å². The average Bonchev–Trinajstić information content (AvgIpc) is 2.91. The highest BCUT2D eigenvalue weighted by atomic mass is 16.1. The smallest absolute Gasteiger partial charge is 0.252 e. The highest BCUT2D eigenvalue weighted by Crippen LogP contribution is 2.16. The van der Waals surface area contributed by atoms with Gasteiger partial charge in [0.05, 0.1) is 5.56 Å². The van der Waals surface area contributed by atoms with Gasteiger partial charge >= 0.3 is 0 Å². The van der Waals surface area contributed by atoms with Crippen molar-refractivity contribution in [3.63, 3.8) is 0 Å². The lowest BCUT2D eigenvalue weighted by atomic mass is 10.1. The summed E-state index contributed by atoms with van der Waals surface area (Å²) in [5, 5.41) is 6.27. The van der Waals surface area contributed by atoms with E-state index in [1.165, 1.54) is 6.42 Å². The first kappa shape index (κ1) is 17.7. The van der Waals surface area contributed by atoms with Crippen molar-refractivity contribution in [2.45, 2.75) is 40.2 Å². The normalized spacial score (nSPS) is 18.6. The predicted octanol–water partition coefficient (Wildman–Crippen LogP) is 2.61. The molecule has 1 aromatic heterocycles. The molecule has 0 spiro atoms. The Morgan fingerprint density at radius 2 is 2.13 bits per heavy atom. The third kappa shape index (κ3) is 5.82. The van der Waals surface area contributed by atoms with E-state index in [2.05, 4.69) is 48.2 Å². The van der Waals surface area contributed by atoms with Crippen molar-refractivity contribution in [3.8, 4) is 0 Å². The van der Waals surface area contributed by atoms with Crippen molar-refractivity contribution in [2.24, 2.45) is 11.8 Å². The van der Waals surface area contributed by atoms with Gasteiger partial charge in [-0.05, 0) is 50.8 Å². The highest BCUT2D eigenvalue weighted by Gasteiger charge is 2.23. The van der Waals surface area contributed by atoms with Gasteiger partial charge in [-0.15, -0.1) is 0 Å². The van der Waals surface area contributed by atoms with Gasteiger partial charge < -0.3 is 15.5 Å².